The number of rotatable bonds is 8. The van der Waals surface area contributed by atoms with Crippen LogP contribution in [0.4, 0.5) is 0 Å². The summed E-state index contributed by atoms with van der Waals surface area (Å²) in [6, 6.07) is 17.4. The molecule has 2 amide bonds. The molecular formula is C22H27N3O3S. The number of carbonyl (C=O) groups excluding carboxylic acids is 2. The van der Waals surface area contributed by atoms with E-state index in [4.69, 9.17) is 17.0 Å². The lowest BCUT2D eigenvalue weighted by atomic mass is 9.98. The fourth-order valence-electron chi connectivity index (χ4n) is 2.67. The summed E-state index contributed by atoms with van der Waals surface area (Å²) < 4.78 is 5.64. The fraction of sp³-hybridized carbons (Fsp3) is 0.318. The second-order valence-corrected chi connectivity index (χ2v) is 7.08. The van der Waals surface area contributed by atoms with Crippen molar-refractivity contribution < 1.29 is 14.3 Å². The van der Waals surface area contributed by atoms with Crippen LogP contribution < -0.4 is 20.9 Å². The van der Waals surface area contributed by atoms with Crippen LogP contribution in [0.3, 0.4) is 0 Å². The van der Waals surface area contributed by atoms with Crippen LogP contribution in [0.1, 0.15) is 43.7 Å². The number of hydrogen-bond donors (Lipinski definition) is 3. The van der Waals surface area contributed by atoms with Crippen LogP contribution in [0.25, 0.3) is 0 Å². The van der Waals surface area contributed by atoms with Crippen molar-refractivity contribution in [1.29, 1.82) is 0 Å². The third kappa shape index (κ3) is 7.91. The zero-order valence-electron chi connectivity index (χ0n) is 16.7. The van der Waals surface area contributed by atoms with E-state index in [1.54, 1.807) is 0 Å². The summed E-state index contributed by atoms with van der Waals surface area (Å²) >= 11 is 5.03. The predicted octanol–water partition coefficient (Wildman–Crippen LogP) is 3.23. The van der Waals surface area contributed by atoms with Crippen molar-refractivity contribution in [3.05, 3.63) is 65.7 Å². The van der Waals surface area contributed by atoms with Crippen LogP contribution in [-0.4, -0.2) is 23.5 Å². The van der Waals surface area contributed by atoms with Gasteiger partial charge in [-0.1, -0.05) is 62.4 Å². The Bertz CT molecular complexity index is 827. The summed E-state index contributed by atoms with van der Waals surface area (Å²) in [6.45, 7) is 4.06. The van der Waals surface area contributed by atoms with Crippen LogP contribution in [0.15, 0.2) is 54.6 Å². The molecule has 1 atom stereocenters. The number of benzene rings is 2. The molecule has 0 saturated heterocycles. The zero-order chi connectivity index (χ0) is 21.1. The summed E-state index contributed by atoms with van der Waals surface area (Å²) in [5.74, 6) is 0.407. The molecule has 0 saturated carbocycles. The van der Waals surface area contributed by atoms with Crippen molar-refractivity contribution in [2.75, 3.05) is 6.61 Å². The van der Waals surface area contributed by atoms with Gasteiger partial charge in [-0.05, 0) is 48.2 Å². The van der Waals surface area contributed by atoms with E-state index < -0.39 is 5.91 Å². The molecule has 0 spiro atoms. The first-order chi connectivity index (χ1) is 14.0. The Morgan fingerprint density at radius 3 is 2.41 bits per heavy atom. The normalized spacial score (nSPS) is 11.2. The molecule has 0 aliphatic heterocycles. The minimum atomic E-state index is -0.398. The summed E-state index contributed by atoms with van der Waals surface area (Å²) in [5.41, 5.74) is 7.08. The van der Waals surface area contributed by atoms with Crippen LogP contribution in [0.5, 0.6) is 5.75 Å². The predicted molar refractivity (Wildman–Crippen MR) is 117 cm³/mol. The highest BCUT2D eigenvalue weighted by Gasteiger charge is 2.11. The van der Waals surface area contributed by atoms with Gasteiger partial charge in [-0.15, -0.1) is 0 Å². The van der Waals surface area contributed by atoms with Crippen LogP contribution in [-0.2, 0) is 16.0 Å². The Labute approximate surface area is 177 Å². The number of amides is 2. The zero-order valence-corrected chi connectivity index (χ0v) is 17.6. The van der Waals surface area contributed by atoms with E-state index in [2.05, 4.69) is 30.0 Å². The molecule has 2 aromatic carbocycles. The van der Waals surface area contributed by atoms with E-state index in [0.29, 0.717) is 24.5 Å². The minimum Gasteiger partial charge on any atom is -0.483 e. The van der Waals surface area contributed by atoms with Crippen molar-refractivity contribution in [2.24, 2.45) is 0 Å². The van der Waals surface area contributed by atoms with Gasteiger partial charge in [0.1, 0.15) is 5.75 Å². The van der Waals surface area contributed by atoms with Crippen LogP contribution in [0.2, 0.25) is 0 Å². The third-order valence-corrected chi connectivity index (χ3v) is 4.68. The molecule has 0 heterocycles. The number of nitrogens with one attached hydrogen (secondary N) is 3. The molecule has 3 N–H and O–H groups in total. The quantitative estimate of drug-likeness (QED) is 0.457. The summed E-state index contributed by atoms with van der Waals surface area (Å²) in [7, 11) is 0. The maximum Gasteiger partial charge on any atom is 0.276 e. The average Bonchev–Trinajstić information content (AvgIpc) is 2.75. The van der Waals surface area contributed by atoms with E-state index in [1.165, 1.54) is 0 Å². The first kappa shape index (κ1) is 22.4. The SMILES string of the molecule is CCC(C)c1ccccc1OCC(=O)NNC(=S)NC(=O)CCc1ccccc1. The van der Waals surface area contributed by atoms with Crippen LogP contribution in [0, 0.1) is 0 Å². The fourth-order valence-corrected chi connectivity index (χ4v) is 2.83. The molecule has 6 nitrogen and oxygen atoms in total. The van der Waals surface area contributed by atoms with Gasteiger partial charge in [-0.2, -0.15) is 0 Å². The number of hydrazine groups is 1. The topological polar surface area (TPSA) is 79.5 Å². The molecular weight excluding hydrogens is 386 g/mol. The van der Waals surface area contributed by atoms with Crippen molar-refractivity contribution in [2.45, 2.75) is 39.0 Å². The molecule has 0 bridgehead atoms. The molecule has 0 fully saturated rings. The Balaban J connectivity index is 1.69. The number of aryl methyl sites for hydroxylation is 1. The molecule has 29 heavy (non-hydrogen) atoms. The molecule has 1 unspecified atom stereocenters. The first-order valence-electron chi connectivity index (χ1n) is 9.64. The molecule has 7 heteroatoms. The van der Waals surface area contributed by atoms with Gasteiger partial charge in [-0.25, -0.2) is 0 Å². The van der Waals surface area contributed by atoms with Crippen molar-refractivity contribution in [3.63, 3.8) is 0 Å². The highest BCUT2D eigenvalue weighted by Crippen LogP contribution is 2.28. The highest BCUT2D eigenvalue weighted by molar-refractivity contribution is 7.80. The number of thiocarbonyl (C=S) groups is 1. The number of hydrogen-bond acceptors (Lipinski definition) is 4. The second-order valence-electron chi connectivity index (χ2n) is 6.67. The Hall–Kier alpha value is -2.93. The van der Waals surface area contributed by atoms with E-state index in [0.717, 1.165) is 17.5 Å². The van der Waals surface area contributed by atoms with Gasteiger partial charge >= 0.3 is 0 Å². The molecule has 0 aliphatic carbocycles. The number of para-hydroxylation sites is 1. The largest absolute Gasteiger partial charge is 0.483 e. The van der Waals surface area contributed by atoms with Gasteiger partial charge in [0.2, 0.25) is 5.91 Å². The van der Waals surface area contributed by atoms with Gasteiger partial charge in [-0.3, -0.25) is 20.4 Å². The maximum atomic E-state index is 12.0. The molecule has 0 radical (unpaired) electrons. The van der Waals surface area contributed by atoms with Gasteiger partial charge in [0.05, 0.1) is 0 Å². The number of carbonyl (C=O) groups is 2. The highest BCUT2D eigenvalue weighted by atomic mass is 32.1. The second kappa shape index (κ2) is 11.8. The molecule has 2 aromatic rings. The van der Waals surface area contributed by atoms with Gasteiger partial charge in [0.25, 0.3) is 5.91 Å². The van der Waals surface area contributed by atoms with Gasteiger partial charge in [0.15, 0.2) is 11.7 Å². The lowest BCUT2D eigenvalue weighted by molar-refractivity contribution is -0.124. The standard InChI is InChI=1S/C22H27N3O3S/c1-3-16(2)18-11-7-8-12-19(18)28-15-21(27)24-25-22(29)23-20(26)14-13-17-9-5-4-6-10-17/h4-12,16H,3,13-15H2,1-2H3,(H,24,27)(H2,23,25,26,29). The Morgan fingerprint density at radius 2 is 1.69 bits per heavy atom. The minimum absolute atomic E-state index is 0.0383. The number of ether oxygens (including phenoxy) is 1. The van der Waals surface area contributed by atoms with Crippen molar-refractivity contribution in [1.82, 2.24) is 16.2 Å². The van der Waals surface area contributed by atoms with E-state index >= 15 is 0 Å². The Morgan fingerprint density at radius 1 is 1.00 bits per heavy atom. The molecule has 154 valence electrons. The summed E-state index contributed by atoms with van der Waals surface area (Å²) in [4.78, 5) is 23.9. The smallest absolute Gasteiger partial charge is 0.276 e. The van der Waals surface area contributed by atoms with Gasteiger partial charge < -0.3 is 10.1 Å². The van der Waals surface area contributed by atoms with E-state index in [1.807, 2.05) is 54.6 Å². The third-order valence-electron chi connectivity index (χ3n) is 4.47. The lowest BCUT2D eigenvalue weighted by Gasteiger charge is -2.16. The summed E-state index contributed by atoms with van der Waals surface area (Å²) in [5, 5.41) is 2.58. The van der Waals surface area contributed by atoms with Crippen LogP contribution >= 0.6 is 12.2 Å². The van der Waals surface area contributed by atoms with E-state index in [-0.39, 0.29) is 17.6 Å². The average molecular weight is 414 g/mol. The van der Waals surface area contributed by atoms with Crippen molar-refractivity contribution in [3.8, 4) is 5.75 Å². The van der Waals surface area contributed by atoms with Gasteiger partial charge in [0, 0.05) is 6.42 Å². The van der Waals surface area contributed by atoms with Crippen molar-refractivity contribution >= 4 is 29.1 Å². The summed E-state index contributed by atoms with van der Waals surface area (Å²) in [6.07, 6.45) is 1.90. The molecule has 2 rings (SSSR count). The molecule has 0 aromatic heterocycles. The first-order valence-corrected chi connectivity index (χ1v) is 10.0. The Kier molecular flexibility index (Phi) is 9.11. The lowest BCUT2D eigenvalue weighted by Crippen LogP contribution is -2.49. The van der Waals surface area contributed by atoms with E-state index in [9.17, 15) is 9.59 Å². The maximum absolute atomic E-state index is 12.0. The molecule has 0 aliphatic rings. The monoisotopic (exact) mass is 413 g/mol.